The summed E-state index contributed by atoms with van der Waals surface area (Å²) in [7, 11) is 1.96. The van der Waals surface area contributed by atoms with E-state index in [0.29, 0.717) is 32.1 Å². The van der Waals surface area contributed by atoms with Crippen molar-refractivity contribution in [1.82, 2.24) is 29.7 Å². The second kappa shape index (κ2) is 18.6. The normalized spacial score (nSPS) is 16.5. The topological polar surface area (TPSA) is 92.6 Å². The highest BCUT2D eigenvalue weighted by atomic mass is 35.5. The fraction of sp³-hybridized carbons (Fsp3) is 0.526. The maximum Gasteiger partial charge on any atom is 0.411 e. The van der Waals surface area contributed by atoms with E-state index in [1.807, 2.05) is 75.7 Å². The number of benzene rings is 1. The number of amides is 2. The summed E-state index contributed by atoms with van der Waals surface area (Å²) in [6.07, 6.45) is 19.2. The van der Waals surface area contributed by atoms with Gasteiger partial charge in [-0.3, -0.25) is 14.7 Å². The highest BCUT2D eigenvalue weighted by molar-refractivity contribution is 6.30. The summed E-state index contributed by atoms with van der Waals surface area (Å²) in [5.41, 5.74) is 5.83. The molecule has 6 rings (SSSR count). The van der Waals surface area contributed by atoms with Crippen molar-refractivity contribution in [3.63, 3.8) is 0 Å². The third-order valence-electron chi connectivity index (χ3n) is 8.37. The number of pyridine rings is 1. The predicted molar refractivity (Wildman–Crippen MR) is 193 cm³/mol. The third kappa shape index (κ3) is 11.4. The third-order valence-corrected chi connectivity index (χ3v) is 8.61. The Hall–Kier alpha value is -3.87. The van der Waals surface area contributed by atoms with Crippen LogP contribution in [0, 0.1) is 18.8 Å². The average molecular weight is 677 g/mol. The van der Waals surface area contributed by atoms with Crippen LogP contribution in [0.3, 0.4) is 0 Å². The predicted octanol–water partition coefficient (Wildman–Crippen LogP) is 6.11. The lowest BCUT2D eigenvalue weighted by atomic mass is 10.0. The number of piperazine rings is 1. The number of halogens is 1. The Balaban J connectivity index is 0.000000263. The van der Waals surface area contributed by atoms with Crippen LogP contribution in [-0.2, 0) is 42.3 Å². The number of hydrogen-bond acceptors (Lipinski definition) is 6. The Kier molecular flexibility index (Phi) is 15.0. The Morgan fingerprint density at radius 1 is 1.10 bits per heavy atom. The minimum atomic E-state index is -0.581. The fourth-order valence-electron chi connectivity index (χ4n) is 5.76. The summed E-state index contributed by atoms with van der Waals surface area (Å²) < 4.78 is 7.52. The summed E-state index contributed by atoms with van der Waals surface area (Å²) in [5, 5.41) is 4.09. The molecule has 0 bridgehead atoms. The number of nitrogens with one attached hydrogen (secondary N) is 1. The molecule has 3 heterocycles. The van der Waals surface area contributed by atoms with Gasteiger partial charge in [0.2, 0.25) is 5.91 Å². The Bertz CT molecular complexity index is 1490. The van der Waals surface area contributed by atoms with E-state index in [4.69, 9.17) is 16.3 Å². The lowest BCUT2D eigenvalue weighted by molar-refractivity contribution is -0.137. The van der Waals surface area contributed by atoms with Gasteiger partial charge >= 0.3 is 6.09 Å². The van der Waals surface area contributed by atoms with Gasteiger partial charge < -0.3 is 19.5 Å². The Morgan fingerprint density at radius 2 is 1.83 bits per heavy atom. The summed E-state index contributed by atoms with van der Waals surface area (Å²) in [6, 6.07) is 9.85. The molecule has 9 nitrogen and oxygen atoms in total. The first kappa shape index (κ1) is 38.6. The van der Waals surface area contributed by atoms with E-state index in [9.17, 15) is 9.59 Å². The first-order valence-electron chi connectivity index (χ1n) is 17.0. The quantitative estimate of drug-likeness (QED) is 0.317. The fourth-order valence-corrected chi connectivity index (χ4v) is 5.96. The second-order valence-corrected chi connectivity index (χ2v) is 13.5. The molecular weight excluding hydrogens is 624 g/mol. The van der Waals surface area contributed by atoms with Crippen LogP contribution in [0.25, 0.3) is 0 Å². The lowest BCUT2D eigenvalue weighted by Crippen LogP contribution is -2.61. The van der Waals surface area contributed by atoms with Crippen molar-refractivity contribution >= 4 is 23.6 Å². The maximum absolute atomic E-state index is 13.4. The number of carbonyl (C=O) groups excluding carboxylic acids is 2. The number of nitrogens with zero attached hydrogens (tertiary/aromatic N) is 5. The molecule has 1 aromatic carbocycles. The molecule has 0 spiro atoms. The van der Waals surface area contributed by atoms with Crippen molar-refractivity contribution < 1.29 is 14.3 Å². The largest absolute Gasteiger partial charge is 0.444 e. The zero-order valence-electron chi connectivity index (χ0n) is 29.5. The molecule has 0 unspecified atom stereocenters. The first-order valence-corrected chi connectivity index (χ1v) is 17.4. The number of imidazole rings is 1. The maximum atomic E-state index is 13.4. The summed E-state index contributed by atoms with van der Waals surface area (Å²) in [6.45, 7) is 12.5. The van der Waals surface area contributed by atoms with Gasteiger partial charge in [0.05, 0.1) is 6.33 Å². The van der Waals surface area contributed by atoms with Crippen LogP contribution in [0.5, 0.6) is 0 Å². The molecule has 0 radical (unpaired) electrons. The molecule has 1 aliphatic heterocycles. The molecule has 1 atom stereocenters. The number of rotatable bonds is 6. The van der Waals surface area contributed by atoms with Crippen LogP contribution in [0.1, 0.15) is 75.5 Å². The van der Waals surface area contributed by atoms with Crippen LogP contribution >= 0.6 is 11.6 Å². The monoisotopic (exact) mass is 676 g/mol. The van der Waals surface area contributed by atoms with Crippen LogP contribution < -0.4 is 5.32 Å². The number of carbonyl (C=O) groups is 2. The molecule has 260 valence electrons. The molecule has 3 aromatic rings. The summed E-state index contributed by atoms with van der Waals surface area (Å²) in [5.74, 6) is 0.592. The van der Waals surface area contributed by atoms with E-state index in [2.05, 4.69) is 46.3 Å². The zero-order chi connectivity index (χ0) is 35.3. The second-order valence-electron chi connectivity index (χ2n) is 13.1. The highest BCUT2D eigenvalue weighted by Gasteiger charge is 2.38. The number of aryl methyl sites for hydroxylation is 3. The number of terminal acetylenes is 1. The first-order chi connectivity index (χ1) is 23.1. The summed E-state index contributed by atoms with van der Waals surface area (Å²) >= 11 is 6.03. The standard InChI is InChI=1S/C20H33N5O3.C14H12ClN.C2H6.C2H2/c1-20(2,3)28-19(27)25-10-8-21-12-17(25)18(26)24(13-15-5-6-15)9-7-16-11-22-14-23(16)4;15-13-6-5-12-9-14-10(2-1-7-16-14)3-4-11(12)8-13;2*1-2/h11,14-15,17,21H,5-10,12-13H2,1-4H3;1-2,5-8H,3-4,9H2;1-2H3;1-2H/t17-;;;/m1.../s1. The number of fused-ring (bicyclic) bond motifs is 2. The average Bonchev–Trinajstić information content (AvgIpc) is 3.85. The van der Waals surface area contributed by atoms with Crippen molar-refractivity contribution in [2.24, 2.45) is 13.0 Å². The molecule has 1 saturated heterocycles. The number of hydrogen-bond donors (Lipinski definition) is 1. The Labute approximate surface area is 292 Å². The van der Waals surface area contributed by atoms with Gasteiger partial charge in [-0.15, -0.1) is 12.8 Å². The molecule has 3 aliphatic rings. The van der Waals surface area contributed by atoms with E-state index in [1.165, 1.54) is 35.2 Å². The molecule has 10 heteroatoms. The van der Waals surface area contributed by atoms with Crippen LogP contribution in [0.2, 0.25) is 5.02 Å². The van der Waals surface area contributed by atoms with Crippen molar-refractivity contribution in [3.8, 4) is 12.8 Å². The van der Waals surface area contributed by atoms with E-state index in [0.717, 1.165) is 42.9 Å². The molecule has 2 aromatic heterocycles. The van der Waals surface area contributed by atoms with Crippen LogP contribution in [0.15, 0.2) is 49.1 Å². The van der Waals surface area contributed by atoms with Gasteiger partial charge in [-0.05, 0) is 87.3 Å². The van der Waals surface area contributed by atoms with Gasteiger partial charge in [0, 0.05) is 81.4 Å². The molecule has 2 fully saturated rings. The zero-order valence-corrected chi connectivity index (χ0v) is 30.3. The SMILES string of the molecule is C#C.CC.Clc1ccc2c(c1)CCc1cccnc1C2.Cn1cncc1CCN(CC1CC1)C(=O)[C@H]1CNCCN1C(=O)OC(C)(C)C. The van der Waals surface area contributed by atoms with Crippen LogP contribution in [-0.4, -0.2) is 80.7 Å². The summed E-state index contributed by atoms with van der Waals surface area (Å²) in [4.78, 5) is 38.2. The number of ether oxygens (including phenoxy) is 1. The van der Waals surface area contributed by atoms with Gasteiger partial charge in [-0.25, -0.2) is 9.78 Å². The molecule has 2 aliphatic carbocycles. The van der Waals surface area contributed by atoms with Crippen molar-refractivity contribution in [2.45, 2.75) is 84.8 Å². The van der Waals surface area contributed by atoms with Gasteiger partial charge in [0.15, 0.2) is 0 Å². The van der Waals surface area contributed by atoms with Gasteiger partial charge in [-0.2, -0.15) is 0 Å². The van der Waals surface area contributed by atoms with E-state index in [-0.39, 0.29) is 5.91 Å². The molecular formula is C38H53ClN6O3. The van der Waals surface area contributed by atoms with E-state index >= 15 is 0 Å². The van der Waals surface area contributed by atoms with Crippen LogP contribution in [0.4, 0.5) is 4.79 Å². The highest BCUT2D eigenvalue weighted by Crippen LogP contribution is 2.30. The molecule has 48 heavy (non-hydrogen) atoms. The van der Waals surface area contributed by atoms with E-state index in [1.54, 1.807) is 11.2 Å². The molecule has 1 N–H and O–H groups in total. The minimum Gasteiger partial charge on any atom is -0.444 e. The van der Waals surface area contributed by atoms with Crippen molar-refractivity contribution in [3.05, 3.63) is 82.2 Å². The lowest BCUT2D eigenvalue weighted by Gasteiger charge is -2.38. The van der Waals surface area contributed by atoms with Gasteiger partial charge in [0.1, 0.15) is 11.6 Å². The van der Waals surface area contributed by atoms with Crippen molar-refractivity contribution in [1.29, 1.82) is 0 Å². The van der Waals surface area contributed by atoms with E-state index < -0.39 is 17.7 Å². The minimum absolute atomic E-state index is 0.00660. The van der Waals surface area contributed by atoms with Crippen molar-refractivity contribution in [2.75, 3.05) is 32.7 Å². The molecule has 2 amide bonds. The smallest absolute Gasteiger partial charge is 0.411 e. The number of aromatic nitrogens is 3. The van der Waals surface area contributed by atoms with Gasteiger partial charge in [-0.1, -0.05) is 37.6 Å². The van der Waals surface area contributed by atoms with Gasteiger partial charge in [0.25, 0.3) is 0 Å². The molecule has 1 saturated carbocycles. The Morgan fingerprint density at radius 3 is 2.50 bits per heavy atom.